The molecule has 2 aromatic carbocycles. The Morgan fingerprint density at radius 2 is 1.96 bits per heavy atom. The smallest absolute Gasteiger partial charge is 0.420 e. The second kappa shape index (κ2) is 7.03. The van der Waals surface area contributed by atoms with Crippen molar-refractivity contribution in [3.63, 3.8) is 0 Å². The van der Waals surface area contributed by atoms with Crippen LogP contribution in [0.25, 0.3) is 11.1 Å². The van der Waals surface area contributed by atoms with Crippen LogP contribution in [0.2, 0.25) is 0 Å². The van der Waals surface area contributed by atoms with Crippen LogP contribution in [0.3, 0.4) is 0 Å². The first-order valence-electron chi connectivity index (χ1n) is 8.35. The average Bonchev–Trinajstić information content (AvgIpc) is 3.00. The maximum absolute atomic E-state index is 12.3. The third-order valence-electron chi connectivity index (χ3n) is 4.16. The first-order valence-corrected chi connectivity index (χ1v) is 8.35. The van der Waals surface area contributed by atoms with E-state index in [1.807, 2.05) is 0 Å². The standard InChI is InChI=1S/C19H14N2O7/c22-14(11-5-6-15-12(7-11)20-17(23)10-26-15)9-27-18(24)8-21-13-3-1-2-4-16(13)28-19(21)25/h1-7H,8-10H2,(H,20,23). The molecular formula is C19H14N2O7. The number of hydrogen-bond acceptors (Lipinski definition) is 7. The minimum Gasteiger partial charge on any atom is -0.482 e. The van der Waals surface area contributed by atoms with Gasteiger partial charge in [-0.1, -0.05) is 12.1 Å². The SMILES string of the molecule is O=C1COc2ccc(C(=O)COC(=O)Cn3c(=O)oc4ccccc43)cc2N1. The highest BCUT2D eigenvalue weighted by Crippen LogP contribution is 2.28. The molecule has 0 saturated carbocycles. The third kappa shape index (κ3) is 3.37. The molecule has 9 heteroatoms. The number of rotatable bonds is 5. The molecule has 1 N–H and O–H groups in total. The lowest BCUT2D eigenvalue weighted by Crippen LogP contribution is -2.26. The van der Waals surface area contributed by atoms with E-state index in [1.165, 1.54) is 12.1 Å². The van der Waals surface area contributed by atoms with Gasteiger partial charge >= 0.3 is 11.7 Å². The molecule has 1 aromatic heterocycles. The van der Waals surface area contributed by atoms with Crippen LogP contribution in [0.15, 0.2) is 51.7 Å². The molecular weight excluding hydrogens is 368 g/mol. The lowest BCUT2D eigenvalue weighted by molar-refractivity contribution is -0.143. The number of anilines is 1. The summed E-state index contributed by atoms with van der Waals surface area (Å²) in [7, 11) is 0. The zero-order valence-corrected chi connectivity index (χ0v) is 14.5. The Bertz CT molecular complexity index is 1160. The number of oxazole rings is 1. The number of carbonyl (C=O) groups excluding carboxylic acids is 3. The van der Waals surface area contributed by atoms with E-state index in [4.69, 9.17) is 13.9 Å². The number of Topliss-reactive ketones (excluding diaryl/α,β-unsaturated/α-hetero) is 1. The second-order valence-corrected chi connectivity index (χ2v) is 6.05. The van der Waals surface area contributed by atoms with Crippen LogP contribution >= 0.6 is 0 Å². The normalized spacial score (nSPS) is 12.8. The highest BCUT2D eigenvalue weighted by atomic mass is 16.5. The predicted molar refractivity (Wildman–Crippen MR) is 96.3 cm³/mol. The minimum absolute atomic E-state index is 0.0834. The molecule has 0 radical (unpaired) electrons. The van der Waals surface area contributed by atoms with Gasteiger partial charge in [-0.15, -0.1) is 0 Å². The quantitative estimate of drug-likeness (QED) is 0.523. The number of carbonyl (C=O) groups is 3. The van der Waals surface area contributed by atoms with Gasteiger partial charge in [0.05, 0.1) is 11.2 Å². The van der Waals surface area contributed by atoms with Gasteiger partial charge in [0.1, 0.15) is 12.3 Å². The summed E-state index contributed by atoms with van der Waals surface area (Å²) >= 11 is 0. The zero-order chi connectivity index (χ0) is 19.7. The van der Waals surface area contributed by atoms with Gasteiger partial charge in [0.2, 0.25) is 0 Å². The van der Waals surface area contributed by atoms with Gasteiger partial charge < -0.3 is 19.2 Å². The maximum atomic E-state index is 12.3. The van der Waals surface area contributed by atoms with E-state index in [1.54, 1.807) is 30.3 Å². The van der Waals surface area contributed by atoms with Gasteiger partial charge in [0, 0.05) is 5.56 Å². The fraction of sp³-hybridized carbons (Fsp3) is 0.158. The molecule has 0 unspecified atom stereocenters. The topological polar surface area (TPSA) is 117 Å². The van der Waals surface area contributed by atoms with Crippen molar-refractivity contribution < 1.29 is 28.3 Å². The molecule has 142 valence electrons. The Labute approximate surface area is 157 Å². The van der Waals surface area contributed by atoms with Gasteiger partial charge in [0.15, 0.2) is 24.6 Å². The minimum atomic E-state index is -0.753. The molecule has 3 aromatic rings. The third-order valence-corrected chi connectivity index (χ3v) is 4.16. The molecule has 4 rings (SSSR count). The summed E-state index contributed by atoms with van der Waals surface area (Å²) in [6.45, 7) is -0.964. The molecule has 9 nitrogen and oxygen atoms in total. The van der Waals surface area contributed by atoms with Crippen LogP contribution in [-0.2, 0) is 20.9 Å². The van der Waals surface area contributed by atoms with E-state index in [0.717, 1.165) is 4.57 Å². The molecule has 1 aliphatic rings. The Morgan fingerprint density at radius 3 is 2.82 bits per heavy atom. The fourth-order valence-electron chi connectivity index (χ4n) is 2.82. The number of ether oxygens (including phenoxy) is 2. The van der Waals surface area contributed by atoms with E-state index in [0.29, 0.717) is 22.5 Å². The number of esters is 1. The van der Waals surface area contributed by atoms with Crippen molar-refractivity contribution in [1.29, 1.82) is 0 Å². The summed E-state index contributed by atoms with van der Waals surface area (Å²) in [5, 5.41) is 2.60. The largest absolute Gasteiger partial charge is 0.482 e. The van der Waals surface area contributed by atoms with Gasteiger partial charge in [0.25, 0.3) is 5.91 Å². The van der Waals surface area contributed by atoms with Gasteiger partial charge in [-0.05, 0) is 30.3 Å². The fourth-order valence-corrected chi connectivity index (χ4v) is 2.82. The van der Waals surface area contributed by atoms with Crippen molar-refractivity contribution in [2.24, 2.45) is 0 Å². The number of fused-ring (bicyclic) bond motifs is 2. The Kier molecular flexibility index (Phi) is 4.40. The van der Waals surface area contributed by atoms with Gasteiger partial charge in [-0.2, -0.15) is 0 Å². The first-order chi connectivity index (χ1) is 13.5. The number of benzene rings is 2. The number of ketones is 1. The molecule has 0 spiro atoms. The van der Waals surface area contributed by atoms with Crippen molar-refractivity contribution in [3.8, 4) is 5.75 Å². The van der Waals surface area contributed by atoms with E-state index < -0.39 is 24.1 Å². The second-order valence-electron chi connectivity index (χ2n) is 6.05. The molecule has 1 aliphatic heterocycles. The number of hydrogen-bond donors (Lipinski definition) is 1. The highest BCUT2D eigenvalue weighted by molar-refractivity contribution is 6.01. The van der Waals surface area contributed by atoms with Crippen molar-refractivity contribution in [2.45, 2.75) is 6.54 Å². The zero-order valence-electron chi connectivity index (χ0n) is 14.5. The number of para-hydroxylation sites is 2. The molecule has 1 amide bonds. The van der Waals surface area contributed by atoms with Crippen molar-refractivity contribution in [3.05, 3.63) is 58.6 Å². The summed E-state index contributed by atoms with van der Waals surface area (Å²) in [4.78, 5) is 47.6. The van der Waals surface area contributed by atoms with Crippen molar-refractivity contribution >= 4 is 34.4 Å². The number of nitrogens with zero attached hydrogens (tertiary/aromatic N) is 1. The molecule has 0 atom stereocenters. The van der Waals surface area contributed by atoms with Crippen LogP contribution < -0.4 is 15.8 Å². The summed E-state index contributed by atoms with van der Waals surface area (Å²) in [6, 6.07) is 11.2. The van der Waals surface area contributed by atoms with E-state index in [2.05, 4.69) is 5.32 Å². The van der Waals surface area contributed by atoms with Crippen molar-refractivity contribution in [1.82, 2.24) is 4.57 Å². The lowest BCUT2D eigenvalue weighted by atomic mass is 10.1. The Balaban J connectivity index is 1.41. The molecule has 0 saturated heterocycles. The lowest BCUT2D eigenvalue weighted by Gasteiger charge is -2.18. The number of aromatic nitrogens is 1. The van der Waals surface area contributed by atoms with Gasteiger partial charge in [-0.25, -0.2) is 4.79 Å². The molecule has 0 bridgehead atoms. The Morgan fingerprint density at radius 1 is 1.14 bits per heavy atom. The van der Waals surface area contributed by atoms with Crippen LogP contribution in [0.1, 0.15) is 10.4 Å². The molecule has 0 aliphatic carbocycles. The van der Waals surface area contributed by atoms with Crippen LogP contribution in [0.4, 0.5) is 5.69 Å². The maximum Gasteiger partial charge on any atom is 0.420 e. The summed E-state index contributed by atoms with van der Waals surface area (Å²) in [5.74, 6) is -1.76. The summed E-state index contributed by atoms with van der Waals surface area (Å²) < 4.78 is 16.4. The Hall–Kier alpha value is -3.88. The van der Waals surface area contributed by atoms with Crippen molar-refractivity contribution in [2.75, 3.05) is 18.5 Å². The van der Waals surface area contributed by atoms with Crippen LogP contribution in [-0.4, -0.2) is 35.4 Å². The predicted octanol–water partition coefficient (Wildman–Crippen LogP) is 1.35. The number of amides is 1. The molecule has 0 fully saturated rings. The van der Waals surface area contributed by atoms with E-state index in [-0.39, 0.29) is 24.6 Å². The monoisotopic (exact) mass is 382 g/mol. The average molecular weight is 382 g/mol. The van der Waals surface area contributed by atoms with Crippen LogP contribution in [0.5, 0.6) is 5.75 Å². The van der Waals surface area contributed by atoms with E-state index >= 15 is 0 Å². The molecule has 2 heterocycles. The molecule has 28 heavy (non-hydrogen) atoms. The summed E-state index contributed by atoms with van der Waals surface area (Å²) in [5.41, 5.74) is 1.45. The summed E-state index contributed by atoms with van der Waals surface area (Å²) in [6.07, 6.45) is 0. The highest BCUT2D eigenvalue weighted by Gasteiger charge is 2.19. The van der Waals surface area contributed by atoms with Gasteiger partial charge in [-0.3, -0.25) is 19.0 Å². The number of nitrogens with one attached hydrogen (secondary N) is 1. The van der Waals surface area contributed by atoms with Crippen LogP contribution in [0, 0.1) is 0 Å². The first kappa shape index (κ1) is 17.5. The van der Waals surface area contributed by atoms with E-state index in [9.17, 15) is 19.2 Å².